The van der Waals surface area contributed by atoms with Crippen LogP contribution >= 0.6 is 0 Å². The standard InChI is InChI=1S/C25H29N3O6/c1-25(2,3)34-23(31)14-27-21(29)12-26-22(30)13-28-24(32)33-15-20-18-10-6-4-8-16(18)17-9-5-7-11-19(17)20/h4-11,20H,12-15H2,1-3H3,(H,26,30)(H,27,29)(H,28,32). The molecule has 0 saturated carbocycles. The normalized spacial score (nSPS) is 12.2. The summed E-state index contributed by atoms with van der Waals surface area (Å²) < 4.78 is 10.4. The lowest BCUT2D eigenvalue weighted by Crippen LogP contribution is -2.43. The minimum Gasteiger partial charge on any atom is -0.459 e. The highest BCUT2D eigenvalue weighted by molar-refractivity contribution is 5.88. The number of ether oxygens (including phenoxy) is 2. The monoisotopic (exact) mass is 467 g/mol. The second-order valence-corrected chi connectivity index (χ2v) is 8.82. The van der Waals surface area contributed by atoms with Crippen LogP contribution in [0, 0.1) is 0 Å². The Morgan fingerprint density at radius 3 is 1.82 bits per heavy atom. The lowest BCUT2D eigenvalue weighted by Gasteiger charge is -2.19. The van der Waals surface area contributed by atoms with Crippen molar-refractivity contribution in [1.29, 1.82) is 0 Å². The average Bonchev–Trinajstić information content (AvgIpc) is 3.11. The van der Waals surface area contributed by atoms with Crippen LogP contribution in [0.3, 0.4) is 0 Å². The van der Waals surface area contributed by atoms with Crippen LogP contribution in [0.4, 0.5) is 4.79 Å². The van der Waals surface area contributed by atoms with Gasteiger partial charge in [0.25, 0.3) is 0 Å². The maximum absolute atomic E-state index is 12.1. The maximum Gasteiger partial charge on any atom is 0.407 e. The van der Waals surface area contributed by atoms with Crippen molar-refractivity contribution in [3.63, 3.8) is 0 Å². The number of hydrogen-bond acceptors (Lipinski definition) is 6. The summed E-state index contributed by atoms with van der Waals surface area (Å²) in [5.41, 5.74) is 3.77. The summed E-state index contributed by atoms with van der Waals surface area (Å²) in [7, 11) is 0. The molecule has 0 fully saturated rings. The first-order valence-electron chi connectivity index (χ1n) is 11.0. The summed E-state index contributed by atoms with van der Waals surface area (Å²) in [5.74, 6) is -1.79. The van der Waals surface area contributed by atoms with E-state index in [1.54, 1.807) is 20.8 Å². The van der Waals surface area contributed by atoms with Crippen LogP contribution in [0.15, 0.2) is 48.5 Å². The summed E-state index contributed by atoms with van der Waals surface area (Å²) >= 11 is 0. The fraction of sp³-hybridized carbons (Fsp3) is 0.360. The van der Waals surface area contributed by atoms with E-state index in [9.17, 15) is 19.2 Å². The van der Waals surface area contributed by atoms with Gasteiger partial charge in [-0.25, -0.2) is 4.79 Å². The van der Waals surface area contributed by atoms with Gasteiger partial charge in [-0.15, -0.1) is 0 Å². The Morgan fingerprint density at radius 2 is 1.26 bits per heavy atom. The first-order chi connectivity index (χ1) is 16.1. The number of benzene rings is 2. The van der Waals surface area contributed by atoms with Crippen LogP contribution in [0.2, 0.25) is 0 Å². The molecule has 0 radical (unpaired) electrons. The predicted octanol–water partition coefficient (Wildman–Crippen LogP) is 2.10. The van der Waals surface area contributed by atoms with Gasteiger partial charge in [0.1, 0.15) is 25.3 Å². The van der Waals surface area contributed by atoms with Gasteiger partial charge in [0.05, 0.1) is 6.54 Å². The molecule has 180 valence electrons. The highest BCUT2D eigenvalue weighted by Gasteiger charge is 2.29. The molecule has 34 heavy (non-hydrogen) atoms. The lowest BCUT2D eigenvalue weighted by atomic mass is 9.98. The van der Waals surface area contributed by atoms with E-state index in [-0.39, 0.29) is 32.2 Å². The molecular weight excluding hydrogens is 438 g/mol. The Balaban J connectivity index is 1.37. The number of hydrogen-bond donors (Lipinski definition) is 3. The summed E-state index contributed by atoms with van der Waals surface area (Å²) in [4.78, 5) is 47.4. The first kappa shape index (κ1) is 24.8. The second-order valence-electron chi connectivity index (χ2n) is 8.82. The van der Waals surface area contributed by atoms with Crippen LogP contribution in [0.25, 0.3) is 11.1 Å². The van der Waals surface area contributed by atoms with Gasteiger partial charge in [-0.1, -0.05) is 48.5 Å². The number of amides is 3. The molecule has 2 aromatic rings. The summed E-state index contributed by atoms with van der Waals surface area (Å²) in [6, 6.07) is 16.0. The van der Waals surface area contributed by atoms with E-state index in [1.165, 1.54) is 0 Å². The number of alkyl carbamates (subject to hydrolysis) is 1. The molecule has 0 bridgehead atoms. The van der Waals surface area contributed by atoms with Crippen molar-refractivity contribution in [2.24, 2.45) is 0 Å². The molecule has 3 N–H and O–H groups in total. The molecule has 0 aromatic heterocycles. The van der Waals surface area contributed by atoms with Gasteiger partial charge in [-0.05, 0) is 43.0 Å². The van der Waals surface area contributed by atoms with Crippen LogP contribution in [0.1, 0.15) is 37.8 Å². The number of carbonyl (C=O) groups excluding carboxylic acids is 4. The van der Waals surface area contributed by atoms with Gasteiger partial charge >= 0.3 is 12.1 Å². The van der Waals surface area contributed by atoms with E-state index in [4.69, 9.17) is 9.47 Å². The van der Waals surface area contributed by atoms with Crippen molar-refractivity contribution in [1.82, 2.24) is 16.0 Å². The molecule has 3 rings (SSSR count). The van der Waals surface area contributed by atoms with Crippen molar-refractivity contribution in [2.75, 3.05) is 26.2 Å². The smallest absolute Gasteiger partial charge is 0.407 e. The van der Waals surface area contributed by atoms with Crippen LogP contribution in [-0.2, 0) is 23.9 Å². The average molecular weight is 468 g/mol. The topological polar surface area (TPSA) is 123 Å². The molecule has 0 saturated heterocycles. The second kappa shape index (κ2) is 10.8. The van der Waals surface area contributed by atoms with Gasteiger partial charge < -0.3 is 25.4 Å². The van der Waals surface area contributed by atoms with Crippen molar-refractivity contribution in [3.05, 3.63) is 59.7 Å². The number of carbonyl (C=O) groups is 4. The Labute approximate surface area is 198 Å². The molecule has 0 unspecified atom stereocenters. The molecule has 9 heteroatoms. The van der Waals surface area contributed by atoms with Gasteiger partial charge in [0.2, 0.25) is 11.8 Å². The molecule has 0 heterocycles. The zero-order chi connectivity index (χ0) is 24.7. The fourth-order valence-corrected chi connectivity index (χ4v) is 3.65. The highest BCUT2D eigenvalue weighted by Crippen LogP contribution is 2.44. The molecule has 0 spiro atoms. The van der Waals surface area contributed by atoms with Crippen LogP contribution < -0.4 is 16.0 Å². The van der Waals surface area contributed by atoms with Crippen molar-refractivity contribution in [2.45, 2.75) is 32.3 Å². The molecule has 3 amide bonds. The largest absolute Gasteiger partial charge is 0.459 e. The fourth-order valence-electron chi connectivity index (χ4n) is 3.65. The van der Waals surface area contributed by atoms with E-state index < -0.39 is 29.5 Å². The molecule has 1 aliphatic rings. The van der Waals surface area contributed by atoms with Crippen molar-refractivity contribution < 1.29 is 28.7 Å². The molecule has 9 nitrogen and oxygen atoms in total. The molecule has 2 aromatic carbocycles. The Hall–Kier alpha value is -3.88. The number of rotatable bonds is 8. The van der Waals surface area contributed by atoms with Gasteiger partial charge in [0, 0.05) is 5.92 Å². The lowest BCUT2D eigenvalue weighted by molar-refractivity contribution is -0.154. The third kappa shape index (κ3) is 6.81. The Morgan fingerprint density at radius 1 is 0.765 bits per heavy atom. The minimum atomic E-state index is -0.730. The zero-order valence-corrected chi connectivity index (χ0v) is 19.5. The number of fused-ring (bicyclic) bond motifs is 3. The van der Waals surface area contributed by atoms with Crippen LogP contribution in [0.5, 0.6) is 0 Å². The molecule has 0 aliphatic heterocycles. The molecule has 1 aliphatic carbocycles. The highest BCUT2D eigenvalue weighted by atomic mass is 16.6. The van der Waals surface area contributed by atoms with E-state index in [0.29, 0.717) is 0 Å². The predicted molar refractivity (Wildman–Crippen MR) is 125 cm³/mol. The van der Waals surface area contributed by atoms with Crippen molar-refractivity contribution in [3.8, 4) is 11.1 Å². The van der Waals surface area contributed by atoms with Crippen LogP contribution in [-0.4, -0.2) is 55.7 Å². The number of esters is 1. The maximum atomic E-state index is 12.1. The Kier molecular flexibility index (Phi) is 7.88. The number of nitrogens with one attached hydrogen (secondary N) is 3. The zero-order valence-electron chi connectivity index (χ0n) is 19.5. The van der Waals surface area contributed by atoms with E-state index >= 15 is 0 Å². The first-order valence-corrected chi connectivity index (χ1v) is 11.0. The third-order valence-electron chi connectivity index (χ3n) is 5.03. The summed E-state index contributed by atoms with van der Waals surface area (Å²) in [5, 5.41) is 7.09. The van der Waals surface area contributed by atoms with Gasteiger partial charge in [0.15, 0.2) is 0 Å². The van der Waals surface area contributed by atoms with Crippen molar-refractivity contribution >= 4 is 23.9 Å². The summed E-state index contributed by atoms with van der Waals surface area (Å²) in [6.07, 6.45) is -0.730. The van der Waals surface area contributed by atoms with Gasteiger partial charge in [-0.3, -0.25) is 14.4 Å². The SMILES string of the molecule is CC(C)(C)OC(=O)CNC(=O)CNC(=O)CNC(=O)OCC1c2ccccc2-c2ccccc21. The minimum absolute atomic E-state index is 0.0827. The van der Waals surface area contributed by atoms with E-state index in [2.05, 4.69) is 16.0 Å². The van der Waals surface area contributed by atoms with Gasteiger partial charge in [-0.2, -0.15) is 0 Å². The Bertz CT molecular complexity index is 1030. The summed E-state index contributed by atoms with van der Waals surface area (Å²) in [6.45, 7) is 4.30. The third-order valence-corrected chi connectivity index (χ3v) is 5.03. The molecule has 0 atom stereocenters. The quantitative estimate of drug-likeness (QED) is 0.511. The van der Waals surface area contributed by atoms with E-state index in [1.807, 2.05) is 48.5 Å². The molecular formula is C25H29N3O6. The van der Waals surface area contributed by atoms with E-state index in [0.717, 1.165) is 22.3 Å².